The van der Waals surface area contributed by atoms with Crippen molar-refractivity contribution in [2.75, 3.05) is 6.61 Å². The summed E-state index contributed by atoms with van der Waals surface area (Å²) in [6.07, 6.45) is 1.88. The van der Waals surface area contributed by atoms with Gasteiger partial charge in [-0.2, -0.15) is 0 Å². The van der Waals surface area contributed by atoms with Crippen molar-refractivity contribution >= 4 is 21.8 Å². The van der Waals surface area contributed by atoms with E-state index in [9.17, 15) is 9.59 Å². The first-order chi connectivity index (χ1) is 12.3. The van der Waals surface area contributed by atoms with Crippen LogP contribution >= 0.6 is 15.9 Å². The highest BCUT2D eigenvalue weighted by Gasteiger charge is 2.20. The Kier molecular flexibility index (Phi) is 5.51. The van der Waals surface area contributed by atoms with Gasteiger partial charge in [0.2, 0.25) is 0 Å². The van der Waals surface area contributed by atoms with Crippen LogP contribution in [0.5, 0.6) is 5.75 Å². The number of aromatic amines is 1. The van der Waals surface area contributed by atoms with E-state index in [1.165, 1.54) is 0 Å². The summed E-state index contributed by atoms with van der Waals surface area (Å²) in [6, 6.07) is 5.57. The van der Waals surface area contributed by atoms with Gasteiger partial charge in [0, 0.05) is 23.4 Å². The molecule has 0 spiro atoms. The summed E-state index contributed by atoms with van der Waals surface area (Å²) in [6.45, 7) is 6.79. The van der Waals surface area contributed by atoms with Gasteiger partial charge in [-0.1, -0.05) is 6.92 Å². The van der Waals surface area contributed by atoms with E-state index in [4.69, 9.17) is 4.74 Å². The SMILES string of the molecule is Cc1cc(C)c(CNC(=O)c2cc(Br)c3c(c2)CC(C)CCO3)c(=O)[nH]1. The summed E-state index contributed by atoms with van der Waals surface area (Å²) < 4.78 is 6.62. The standard InChI is InChI=1S/C20H23BrN2O3/c1-11-4-5-26-18-14(6-11)8-15(9-17(18)21)19(24)22-10-16-12(2)7-13(3)23-20(16)25/h7-9,11H,4-6,10H2,1-3H3,(H,22,24)(H,23,25). The van der Waals surface area contributed by atoms with Gasteiger partial charge < -0.3 is 15.0 Å². The van der Waals surface area contributed by atoms with E-state index in [0.717, 1.165) is 39.9 Å². The number of aromatic nitrogens is 1. The number of nitrogens with one attached hydrogen (secondary N) is 2. The Morgan fingerprint density at radius 2 is 2.12 bits per heavy atom. The number of aryl methyl sites for hydroxylation is 2. The topological polar surface area (TPSA) is 71.2 Å². The molecule has 0 radical (unpaired) electrons. The molecule has 0 saturated heterocycles. The van der Waals surface area contributed by atoms with Gasteiger partial charge in [-0.25, -0.2) is 0 Å². The Morgan fingerprint density at radius 3 is 2.85 bits per heavy atom. The van der Waals surface area contributed by atoms with Crippen molar-refractivity contribution < 1.29 is 9.53 Å². The average molecular weight is 419 g/mol. The molecule has 6 heteroatoms. The van der Waals surface area contributed by atoms with Gasteiger partial charge in [0.15, 0.2) is 0 Å². The zero-order chi connectivity index (χ0) is 18.8. The van der Waals surface area contributed by atoms with Gasteiger partial charge in [0.05, 0.1) is 11.1 Å². The van der Waals surface area contributed by atoms with Gasteiger partial charge in [-0.05, 0) is 77.9 Å². The number of halogens is 1. The lowest BCUT2D eigenvalue weighted by atomic mass is 9.97. The number of pyridine rings is 1. The highest BCUT2D eigenvalue weighted by Crippen LogP contribution is 2.35. The van der Waals surface area contributed by atoms with E-state index >= 15 is 0 Å². The number of H-pyrrole nitrogens is 1. The number of carbonyl (C=O) groups excluding carboxylic acids is 1. The molecule has 1 amide bonds. The summed E-state index contributed by atoms with van der Waals surface area (Å²) in [5.41, 5.74) is 3.71. The Bertz CT molecular complexity index is 905. The summed E-state index contributed by atoms with van der Waals surface area (Å²) in [4.78, 5) is 27.5. The van der Waals surface area contributed by atoms with Crippen molar-refractivity contribution in [2.45, 2.75) is 40.2 Å². The second-order valence-electron chi connectivity index (χ2n) is 7.02. The van der Waals surface area contributed by atoms with Crippen molar-refractivity contribution in [1.82, 2.24) is 10.3 Å². The van der Waals surface area contributed by atoms with Gasteiger partial charge in [-0.15, -0.1) is 0 Å². The largest absolute Gasteiger partial charge is 0.492 e. The molecule has 26 heavy (non-hydrogen) atoms. The van der Waals surface area contributed by atoms with Crippen LogP contribution in [-0.2, 0) is 13.0 Å². The van der Waals surface area contributed by atoms with Gasteiger partial charge >= 0.3 is 0 Å². The lowest BCUT2D eigenvalue weighted by Crippen LogP contribution is -2.28. The number of fused-ring (bicyclic) bond motifs is 1. The zero-order valence-electron chi connectivity index (χ0n) is 15.2. The number of ether oxygens (including phenoxy) is 1. The van der Waals surface area contributed by atoms with Crippen LogP contribution in [0.15, 0.2) is 27.5 Å². The Hall–Kier alpha value is -2.08. The molecule has 1 aromatic heterocycles. The highest BCUT2D eigenvalue weighted by atomic mass is 79.9. The number of rotatable bonds is 3. The first-order valence-corrected chi connectivity index (χ1v) is 9.57. The quantitative estimate of drug-likeness (QED) is 0.798. The Balaban J connectivity index is 1.81. The third kappa shape index (κ3) is 4.01. The molecule has 2 heterocycles. The third-order valence-electron chi connectivity index (χ3n) is 4.73. The number of hydrogen-bond donors (Lipinski definition) is 2. The normalized spacial score (nSPS) is 16.4. The molecule has 2 aromatic rings. The number of hydrogen-bond acceptors (Lipinski definition) is 3. The molecule has 1 aromatic carbocycles. The molecule has 3 rings (SSSR count). The average Bonchev–Trinajstić information content (AvgIpc) is 2.74. The van der Waals surface area contributed by atoms with Crippen LogP contribution in [0.4, 0.5) is 0 Å². The second kappa shape index (κ2) is 7.66. The number of carbonyl (C=O) groups is 1. The highest BCUT2D eigenvalue weighted by molar-refractivity contribution is 9.10. The lowest BCUT2D eigenvalue weighted by molar-refractivity contribution is 0.0950. The molecule has 5 nitrogen and oxygen atoms in total. The molecular formula is C20H23BrN2O3. The molecule has 1 aliphatic heterocycles. The summed E-state index contributed by atoms with van der Waals surface area (Å²) in [7, 11) is 0. The first-order valence-electron chi connectivity index (χ1n) is 8.78. The monoisotopic (exact) mass is 418 g/mol. The molecule has 0 aliphatic carbocycles. The van der Waals surface area contributed by atoms with Gasteiger partial charge in [-0.3, -0.25) is 9.59 Å². The first kappa shape index (κ1) is 18.7. The van der Waals surface area contributed by atoms with E-state index in [1.807, 2.05) is 26.0 Å². The van der Waals surface area contributed by atoms with Crippen molar-refractivity contribution in [3.05, 3.63) is 61.0 Å². The summed E-state index contributed by atoms with van der Waals surface area (Å²) in [5.74, 6) is 1.14. The molecule has 1 unspecified atom stereocenters. The molecule has 0 bridgehead atoms. The molecule has 1 atom stereocenters. The van der Waals surface area contributed by atoms with Crippen LogP contribution in [0.1, 0.15) is 46.1 Å². The molecule has 138 valence electrons. The zero-order valence-corrected chi connectivity index (χ0v) is 16.8. The minimum Gasteiger partial charge on any atom is -0.492 e. The maximum absolute atomic E-state index is 12.6. The fourth-order valence-corrected chi connectivity index (χ4v) is 3.92. The van der Waals surface area contributed by atoms with Crippen molar-refractivity contribution in [2.24, 2.45) is 5.92 Å². The third-order valence-corrected chi connectivity index (χ3v) is 5.32. The Labute approximate surface area is 161 Å². The van der Waals surface area contributed by atoms with E-state index in [2.05, 4.69) is 33.2 Å². The van der Waals surface area contributed by atoms with Crippen LogP contribution in [0.2, 0.25) is 0 Å². The van der Waals surface area contributed by atoms with Crippen LogP contribution in [0.3, 0.4) is 0 Å². The van der Waals surface area contributed by atoms with E-state index < -0.39 is 0 Å². The second-order valence-corrected chi connectivity index (χ2v) is 7.87. The molecule has 2 N–H and O–H groups in total. The predicted octanol–water partition coefficient (Wildman–Crippen LogP) is 3.65. The van der Waals surface area contributed by atoms with Crippen molar-refractivity contribution in [3.8, 4) is 5.75 Å². The lowest BCUT2D eigenvalue weighted by Gasteiger charge is -2.13. The van der Waals surface area contributed by atoms with Gasteiger partial charge in [0.25, 0.3) is 11.5 Å². The van der Waals surface area contributed by atoms with Crippen LogP contribution in [0, 0.1) is 19.8 Å². The van der Waals surface area contributed by atoms with Crippen molar-refractivity contribution in [1.29, 1.82) is 0 Å². The fraction of sp³-hybridized carbons (Fsp3) is 0.400. The Morgan fingerprint density at radius 1 is 1.35 bits per heavy atom. The summed E-state index contributed by atoms with van der Waals surface area (Å²) in [5, 5.41) is 2.86. The number of benzene rings is 1. The van der Waals surface area contributed by atoms with Crippen LogP contribution in [-0.4, -0.2) is 17.5 Å². The maximum atomic E-state index is 12.6. The number of amides is 1. The van der Waals surface area contributed by atoms with E-state index in [0.29, 0.717) is 23.7 Å². The van der Waals surface area contributed by atoms with Crippen molar-refractivity contribution in [3.63, 3.8) is 0 Å². The minimum atomic E-state index is -0.204. The van der Waals surface area contributed by atoms with Crippen LogP contribution in [0.25, 0.3) is 0 Å². The molecule has 1 aliphatic rings. The van der Waals surface area contributed by atoms with E-state index in [-0.39, 0.29) is 18.0 Å². The summed E-state index contributed by atoms with van der Waals surface area (Å²) >= 11 is 3.52. The minimum absolute atomic E-state index is 0.159. The predicted molar refractivity (Wildman–Crippen MR) is 105 cm³/mol. The van der Waals surface area contributed by atoms with Crippen LogP contribution < -0.4 is 15.6 Å². The van der Waals surface area contributed by atoms with Gasteiger partial charge in [0.1, 0.15) is 5.75 Å². The molecule has 0 fully saturated rings. The fourth-order valence-electron chi connectivity index (χ4n) is 3.31. The smallest absolute Gasteiger partial charge is 0.253 e. The van der Waals surface area contributed by atoms with E-state index in [1.54, 1.807) is 6.07 Å². The molecular weight excluding hydrogens is 396 g/mol. The molecule has 0 saturated carbocycles. The maximum Gasteiger partial charge on any atom is 0.253 e.